The Labute approximate surface area is 149 Å². The summed E-state index contributed by atoms with van der Waals surface area (Å²) in [5.74, 6) is -2.23. The molecule has 5 nitrogen and oxygen atoms in total. The molecule has 2 aromatic carbocycles. The fraction of sp³-hybridized carbons (Fsp3) is 0.105. The summed E-state index contributed by atoms with van der Waals surface area (Å²) < 4.78 is 0. The van der Waals surface area contributed by atoms with E-state index in [2.05, 4.69) is 10.3 Å². The van der Waals surface area contributed by atoms with Crippen molar-refractivity contribution in [1.82, 2.24) is 4.98 Å². The van der Waals surface area contributed by atoms with Crippen LogP contribution in [0.1, 0.15) is 17.9 Å². The highest BCUT2D eigenvalue weighted by atomic mass is 32.1. The van der Waals surface area contributed by atoms with Gasteiger partial charge in [-0.1, -0.05) is 42.5 Å². The van der Waals surface area contributed by atoms with Crippen molar-refractivity contribution in [2.24, 2.45) is 0 Å². The summed E-state index contributed by atoms with van der Waals surface area (Å²) in [5, 5.41) is 14.9. The average molecular weight is 352 g/mol. The quantitative estimate of drug-likeness (QED) is 0.702. The van der Waals surface area contributed by atoms with E-state index in [0.29, 0.717) is 11.3 Å². The molecule has 0 radical (unpaired) electrons. The van der Waals surface area contributed by atoms with Crippen LogP contribution in [0.15, 0.2) is 66.2 Å². The molecule has 0 saturated heterocycles. The van der Waals surface area contributed by atoms with E-state index in [1.807, 2.05) is 29.6 Å². The fourth-order valence-corrected chi connectivity index (χ4v) is 3.16. The molecule has 0 aliphatic heterocycles. The van der Waals surface area contributed by atoms with E-state index < -0.39 is 11.9 Å². The number of anilines is 1. The summed E-state index contributed by atoms with van der Waals surface area (Å²) in [6.45, 7) is 0. The summed E-state index contributed by atoms with van der Waals surface area (Å²) in [6.07, 6.45) is 1.60. The van der Waals surface area contributed by atoms with Crippen molar-refractivity contribution in [3.05, 3.63) is 71.7 Å². The summed E-state index contributed by atoms with van der Waals surface area (Å²) in [5.41, 5.74) is 2.14. The van der Waals surface area contributed by atoms with Gasteiger partial charge in [0.1, 0.15) is 5.01 Å². The molecule has 2 N–H and O–H groups in total. The number of hydrogen-bond acceptors (Lipinski definition) is 4. The van der Waals surface area contributed by atoms with Crippen molar-refractivity contribution >= 4 is 28.9 Å². The van der Waals surface area contributed by atoms with Crippen molar-refractivity contribution in [2.75, 3.05) is 5.32 Å². The third-order valence-corrected chi connectivity index (χ3v) is 4.54. The van der Waals surface area contributed by atoms with Gasteiger partial charge in [0.15, 0.2) is 0 Å². The van der Waals surface area contributed by atoms with E-state index in [4.69, 9.17) is 0 Å². The number of amides is 1. The van der Waals surface area contributed by atoms with E-state index in [9.17, 15) is 14.7 Å². The Hall–Kier alpha value is -2.99. The molecular weight excluding hydrogens is 336 g/mol. The monoisotopic (exact) mass is 352 g/mol. The number of benzene rings is 2. The van der Waals surface area contributed by atoms with Gasteiger partial charge in [0.25, 0.3) is 0 Å². The molecule has 25 heavy (non-hydrogen) atoms. The Kier molecular flexibility index (Phi) is 5.20. The molecule has 3 aromatic rings. The highest BCUT2D eigenvalue weighted by Crippen LogP contribution is 2.25. The van der Waals surface area contributed by atoms with Crippen molar-refractivity contribution in [3.8, 4) is 10.6 Å². The zero-order valence-electron chi connectivity index (χ0n) is 13.3. The number of carbonyl (C=O) groups excluding carboxylic acids is 1. The van der Waals surface area contributed by atoms with E-state index in [1.54, 1.807) is 36.5 Å². The lowest BCUT2D eigenvalue weighted by Gasteiger charge is -2.13. The number of carboxylic acid groups (broad SMARTS) is 1. The summed E-state index contributed by atoms with van der Waals surface area (Å²) in [4.78, 5) is 28.1. The number of aromatic nitrogens is 1. The second-order valence-corrected chi connectivity index (χ2v) is 6.37. The SMILES string of the molecule is O=C(CC(C(=O)O)c1ccccc1)Nc1cccc(-c2nccs2)c1. The third kappa shape index (κ3) is 4.30. The summed E-state index contributed by atoms with van der Waals surface area (Å²) in [6, 6.07) is 16.1. The molecular formula is C19H16N2O3S. The minimum absolute atomic E-state index is 0.124. The van der Waals surface area contributed by atoms with Crippen LogP contribution >= 0.6 is 11.3 Å². The second-order valence-electron chi connectivity index (χ2n) is 5.47. The smallest absolute Gasteiger partial charge is 0.311 e. The second kappa shape index (κ2) is 7.72. The molecule has 1 unspecified atom stereocenters. The first kappa shape index (κ1) is 16.9. The molecule has 0 fully saturated rings. The van der Waals surface area contributed by atoms with Gasteiger partial charge in [0, 0.05) is 29.2 Å². The van der Waals surface area contributed by atoms with Gasteiger partial charge in [0.2, 0.25) is 5.91 Å². The molecule has 0 aliphatic rings. The van der Waals surface area contributed by atoms with E-state index >= 15 is 0 Å². The van der Waals surface area contributed by atoms with Crippen LogP contribution in [0.2, 0.25) is 0 Å². The van der Waals surface area contributed by atoms with Crippen LogP contribution in [0.5, 0.6) is 0 Å². The van der Waals surface area contributed by atoms with Crippen molar-refractivity contribution in [2.45, 2.75) is 12.3 Å². The maximum atomic E-state index is 12.3. The number of aliphatic carboxylic acids is 1. The topological polar surface area (TPSA) is 79.3 Å². The maximum Gasteiger partial charge on any atom is 0.311 e. The highest BCUT2D eigenvalue weighted by molar-refractivity contribution is 7.13. The van der Waals surface area contributed by atoms with E-state index in [0.717, 1.165) is 10.6 Å². The van der Waals surface area contributed by atoms with Gasteiger partial charge in [-0.25, -0.2) is 4.98 Å². The summed E-state index contributed by atoms with van der Waals surface area (Å²) >= 11 is 1.51. The van der Waals surface area contributed by atoms with Gasteiger partial charge in [-0.3, -0.25) is 9.59 Å². The molecule has 1 heterocycles. The van der Waals surface area contributed by atoms with Crippen LogP contribution in [-0.4, -0.2) is 22.0 Å². The highest BCUT2D eigenvalue weighted by Gasteiger charge is 2.23. The van der Waals surface area contributed by atoms with Gasteiger partial charge < -0.3 is 10.4 Å². The summed E-state index contributed by atoms with van der Waals surface area (Å²) in [7, 11) is 0. The lowest BCUT2D eigenvalue weighted by Crippen LogP contribution is -2.20. The molecule has 0 spiro atoms. The molecule has 1 amide bonds. The Morgan fingerprint density at radius 1 is 1.12 bits per heavy atom. The van der Waals surface area contributed by atoms with Crippen LogP contribution in [0, 0.1) is 0 Å². The first-order valence-corrected chi connectivity index (χ1v) is 8.59. The minimum atomic E-state index is -1.02. The number of carbonyl (C=O) groups is 2. The molecule has 0 aliphatic carbocycles. The molecule has 126 valence electrons. The van der Waals surface area contributed by atoms with Gasteiger partial charge in [-0.2, -0.15) is 0 Å². The fourth-order valence-electron chi connectivity index (χ4n) is 2.53. The Morgan fingerprint density at radius 3 is 2.60 bits per heavy atom. The van der Waals surface area contributed by atoms with Crippen LogP contribution in [0.4, 0.5) is 5.69 Å². The van der Waals surface area contributed by atoms with Gasteiger partial charge in [-0.05, 0) is 17.7 Å². The van der Waals surface area contributed by atoms with Crippen LogP contribution in [0.25, 0.3) is 10.6 Å². The number of thiazole rings is 1. The molecule has 3 rings (SSSR count). The molecule has 1 aromatic heterocycles. The number of carboxylic acids is 1. The zero-order valence-corrected chi connectivity index (χ0v) is 14.1. The van der Waals surface area contributed by atoms with Crippen LogP contribution in [-0.2, 0) is 9.59 Å². The average Bonchev–Trinajstić information content (AvgIpc) is 3.15. The Bertz CT molecular complexity index is 863. The minimum Gasteiger partial charge on any atom is -0.481 e. The molecule has 6 heteroatoms. The lowest BCUT2D eigenvalue weighted by atomic mass is 9.95. The van der Waals surface area contributed by atoms with Crippen LogP contribution < -0.4 is 5.32 Å². The van der Waals surface area contributed by atoms with Crippen LogP contribution in [0.3, 0.4) is 0 Å². The Morgan fingerprint density at radius 2 is 1.92 bits per heavy atom. The van der Waals surface area contributed by atoms with E-state index in [-0.39, 0.29) is 12.3 Å². The Balaban J connectivity index is 1.72. The van der Waals surface area contributed by atoms with Crippen molar-refractivity contribution in [3.63, 3.8) is 0 Å². The predicted octanol–water partition coefficient (Wildman–Crippen LogP) is 4.01. The normalized spacial score (nSPS) is 11.7. The zero-order chi connectivity index (χ0) is 17.6. The standard InChI is InChI=1S/C19H16N2O3S/c22-17(12-16(19(23)24)13-5-2-1-3-6-13)21-15-8-4-7-14(11-15)18-20-9-10-25-18/h1-11,16H,12H2,(H,21,22)(H,23,24). The number of hydrogen-bond donors (Lipinski definition) is 2. The molecule has 1 atom stereocenters. The predicted molar refractivity (Wildman–Crippen MR) is 97.6 cm³/mol. The van der Waals surface area contributed by atoms with Gasteiger partial charge >= 0.3 is 5.97 Å². The molecule has 0 bridgehead atoms. The van der Waals surface area contributed by atoms with Crippen molar-refractivity contribution < 1.29 is 14.7 Å². The number of rotatable bonds is 6. The molecule has 0 saturated carbocycles. The number of nitrogens with one attached hydrogen (secondary N) is 1. The third-order valence-electron chi connectivity index (χ3n) is 3.72. The first-order chi connectivity index (χ1) is 12.1. The maximum absolute atomic E-state index is 12.3. The van der Waals surface area contributed by atoms with Gasteiger partial charge in [-0.15, -0.1) is 11.3 Å². The number of nitrogens with zero attached hydrogens (tertiary/aromatic N) is 1. The lowest BCUT2D eigenvalue weighted by molar-refractivity contribution is -0.140. The first-order valence-electron chi connectivity index (χ1n) is 7.71. The largest absolute Gasteiger partial charge is 0.481 e. The van der Waals surface area contributed by atoms with Gasteiger partial charge in [0.05, 0.1) is 5.92 Å². The van der Waals surface area contributed by atoms with E-state index in [1.165, 1.54) is 11.3 Å². The van der Waals surface area contributed by atoms with Crippen molar-refractivity contribution in [1.29, 1.82) is 0 Å².